The van der Waals surface area contributed by atoms with Crippen molar-refractivity contribution in [3.05, 3.63) is 12.2 Å². The van der Waals surface area contributed by atoms with Gasteiger partial charge in [-0.05, 0) is 13.5 Å². The Morgan fingerprint density at radius 2 is 2.43 bits per heavy atom. The quantitative estimate of drug-likeness (QED) is 0.497. The minimum Gasteiger partial charge on any atom is -0.431 e. The van der Waals surface area contributed by atoms with E-state index in [9.17, 15) is 4.79 Å². The van der Waals surface area contributed by atoms with Crippen LogP contribution in [0.15, 0.2) is 12.2 Å². The molecule has 1 atom stereocenters. The molecule has 0 saturated carbocycles. The zero-order valence-corrected chi connectivity index (χ0v) is 8.78. The van der Waals surface area contributed by atoms with Crippen LogP contribution in [-0.4, -0.2) is 43.4 Å². The van der Waals surface area contributed by atoms with Gasteiger partial charge in [0.05, 0.1) is 13.2 Å². The first-order chi connectivity index (χ1) is 6.63. The predicted octanol–water partition coefficient (Wildman–Crippen LogP) is 0.784. The van der Waals surface area contributed by atoms with Crippen molar-refractivity contribution < 1.29 is 14.3 Å². The molecule has 4 nitrogen and oxygen atoms in total. The summed E-state index contributed by atoms with van der Waals surface area (Å²) in [6, 6.07) is 0. The van der Waals surface area contributed by atoms with E-state index < -0.39 is 6.29 Å². The molecule has 1 aliphatic heterocycles. The van der Waals surface area contributed by atoms with Crippen molar-refractivity contribution in [1.29, 1.82) is 0 Å². The molecule has 1 aliphatic rings. The minimum atomic E-state index is -0.437. The topological polar surface area (TPSA) is 38.8 Å². The summed E-state index contributed by atoms with van der Waals surface area (Å²) in [5.41, 5.74) is 0.405. The highest BCUT2D eigenvalue weighted by atomic mass is 16.7. The minimum absolute atomic E-state index is 0.382. The molecule has 0 spiro atoms. The molecule has 4 heteroatoms. The van der Waals surface area contributed by atoms with Gasteiger partial charge in [0.15, 0.2) is 0 Å². The number of ether oxygens (including phenoxy) is 2. The average molecular weight is 199 g/mol. The van der Waals surface area contributed by atoms with E-state index in [-0.39, 0.29) is 5.97 Å². The summed E-state index contributed by atoms with van der Waals surface area (Å²) in [4.78, 5) is 13.4. The van der Waals surface area contributed by atoms with Crippen LogP contribution >= 0.6 is 0 Å². The zero-order valence-electron chi connectivity index (χ0n) is 8.78. The Balaban J connectivity index is 2.37. The summed E-state index contributed by atoms with van der Waals surface area (Å²) in [6.07, 6.45) is -0.437. The number of rotatable bonds is 3. The Bertz CT molecular complexity index is 227. The molecule has 1 unspecified atom stereocenters. The molecule has 0 N–H and O–H groups in total. The number of hydrogen-bond acceptors (Lipinski definition) is 4. The highest BCUT2D eigenvalue weighted by molar-refractivity contribution is 5.87. The van der Waals surface area contributed by atoms with Gasteiger partial charge >= 0.3 is 5.97 Å². The van der Waals surface area contributed by atoms with Gasteiger partial charge in [0, 0.05) is 12.1 Å². The van der Waals surface area contributed by atoms with Gasteiger partial charge in [-0.3, -0.25) is 4.90 Å². The Labute approximate surface area is 84.5 Å². The van der Waals surface area contributed by atoms with Crippen LogP contribution in [0.5, 0.6) is 0 Å². The van der Waals surface area contributed by atoms with Gasteiger partial charge in [-0.1, -0.05) is 13.5 Å². The molecule has 0 aromatic carbocycles. The molecule has 0 aromatic heterocycles. The van der Waals surface area contributed by atoms with Gasteiger partial charge in [0.25, 0.3) is 0 Å². The third-order valence-corrected chi connectivity index (χ3v) is 2.15. The number of nitrogens with zero attached hydrogens (tertiary/aromatic N) is 1. The fraction of sp³-hybridized carbons (Fsp3) is 0.700. The fourth-order valence-corrected chi connectivity index (χ4v) is 1.25. The molecule has 80 valence electrons. The maximum atomic E-state index is 11.2. The molecule has 1 fully saturated rings. The van der Waals surface area contributed by atoms with Crippen LogP contribution in [0.25, 0.3) is 0 Å². The standard InChI is InChI=1S/C10H17NO3/c1-4-11-5-6-13-9(7-11)14-10(12)8(2)3/h9H,2,4-7H2,1,3H3. The highest BCUT2D eigenvalue weighted by Crippen LogP contribution is 2.07. The van der Waals surface area contributed by atoms with E-state index >= 15 is 0 Å². The van der Waals surface area contributed by atoms with Gasteiger partial charge in [-0.15, -0.1) is 0 Å². The van der Waals surface area contributed by atoms with Crippen molar-refractivity contribution in [2.75, 3.05) is 26.2 Å². The van der Waals surface area contributed by atoms with Gasteiger partial charge in [0.1, 0.15) is 0 Å². The van der Waals surface area contributed by atoms with Crippen molar-refractivity contribution >= 4 is 5.97 Å². The van der Waals surface area contributed by atoms with Crippen molar-refractivity contribution in [3.63, 3.8) is 0 Å². The van der Waals surface area contributed by atoms with E-state index in [0.717, 1.165) is 13.1 Å². The Hall–Kier alpha value is -0.870. The van der Waals surface area contributed by atoms with E-state index in [2.05, 4.69) is 18.4 Å². The maximum Gasteiger partial charge on any atom is 0.335 e. The molecule has 0 aromatic rings. The zero-order chi connectivity index (χ0) is 10.6. The second kappa shape index (κ2) is 5.12. The SMILES string of the molecule is C=C(C)C(=O)OC1CN(CC)CCO1. The average Bonchev–Trinajstić information content (AvgIpc) is 2.18. The normalized spacial score (nSPS) is 23.1. The van der Waals surface area contributed by atoms with Crippen LogP contribution in [0.3, 0.4) is 0 Å². The highest BCUT2D eigenvalue weighted by Gasteiger charge is 2.22. The maximum absolute atomic E-state index is 11.2. The number of carbonyl (C=O) groups excluding carboxylic acids is 1. The van der Waals surface area contributed by atoms with Crippen molar-refractivity contribution in [1.82, 2.24) is 4.90 Å². The lowest BCUT2D eigenvalue weighted by Gasteiger charge is -2.31. The van der Waals surface area contributed by atoms with E-state index in [1.807, 2.05) is 0 Å². The Morgan fingerprint density at radius 3 is 3.00 bits per heavy atom. The monoisotopic (exact) mass is 199 g/mol. The lowest BCUT2D eigenvalue weighted by Crippen LogP contribution is -2.44. The molecule has 0 bridgehead atoms. The molecule has 1 saturated heterocycles. The number of esters is 1. The predicted molar refractivity (Wildman–Crippen MR) is 52.8 cm³/mol. The largest absolute Gasteiger partial charge is 0.431 e. The first-order valence-electron chi connectivity index (χ1n) is 4.84. The van der Waals surface area contributed by atoms with E-state index in [1.54, 1.807) is 6.92 Å². The lowest BCUT2D eigenvalue weighted by atomic mass is 10.3. The van der Waals surface area contributed by atoms with Crippen LogP contribution in [0.1, 0.15) is 13.8 Å². The molecular weight excluding hydrogens is 182 g/mol. The van der Waals surface area contributed by atoms with Crippen LogP contribution in [0.2, 0.25) is 0 Å². The van der Waals surface area contributed by atoms with Crippen LogP contribution in [-0.2, 0) is 14.3 Å². The molecular formula is C10H17NO3. The van der Waals surface area contributed by atoms with Crippen molar-refractivity contribution in [2.45, 2.75) is 20.1 Å². The fourth-order valence-electron chi connectivity index (χ4n) is 1.25. The van der Waals surface area contributed by atoms with Crippen molar-refractivity contribution in [3.8, 4) is 0 Å². The van der Waals surface area contributed by atoms with Gasteiger partial charge in [-0.2, -0.15) is 0 Å². The summed E-state index contributed by atoms with van der Waals surface area (Å²) in [6.45, 7) is 10.3. The van der Waals surface area contributed by atoms with Gasteiger partial charge < -0.3 is 9.47 Å². The molecule has 0 aliphatic carbocycles. The molecule has 1 rings (SSSR count). The Morgan fingerprint density at radius 1 is 1.71 bits per heavy atom. The second-order valence-electron chi connectivity index (χ2n) is 3.38. The molecule has 0 amide bonds. The Kier molecular flexibility index (Phi) is 4.10. The lowest BCUT2D eigenvalue weighted by molar-refractivity contribution is -0.190. The first kappa shape index (κ1) is 11.2. The van der Waals surface area contributed by atoms with Crippen LogP contribution in [0, 0.1) is 0 Å². The summed E-state index contributed by atoms with van der Waals surface area (Å²) in [5, 5.41) is 0. The van der Waals surface area contributed by atoms with Gasteiger partial charge in [-0.25, -0.2) is 4.79 Å². The molecule has 0 radical (unpaired) electrons. The summed E-state index contributed by atoms with van der Waals surface area (Å²) < 4.78 is 10.4. The number of likely N-dealkylation sites (N-methyl/N-ethyl adjacent to an activating group) is 1. The van der Waals surface area contributed by atoms with Crippen molar-refractivity contribution in [2.24, 2.45) is 0 Å². The molecule has 14 heavy (non-hydrogen) atoms. The number of hydrogen-bond donors (Lipinski definition) is 0. The van der Waals surface area contributed by atoms with E-state index in [4.69, 9.17) is 9.47 Å². The summed E-state index contributed by atoms with van der Waals surface area (Å²) in [7, 11) is 0. The van der Waals surface area contributed by atoms with E-state index in [0.29, 0.717) is 18.7 Å². The smallest absolute Gasteiger partial charge is 0.335 e. The summed E-state index contributed by atoms with van der Waals surface area (Å²) in [5.74, 6) is -0.382. The van der Waals surface area contributed by atoms with E-state index in [1.165, 1.54) is 0 Å². The first-order valence-corrected chi connectivity index (χ1v) is 4.84. The third-order valence-electron chi connectivity index (χ3n) is 2.15. The summed E-state index contributed by atoms with van der Waals surface area (Å²) >= 11 is 0. The third kappa shape index (κ3) is 3.12. The molecule has 1 heterocycles. The van der Waals surface area contributed by atoms with Gasteiger partial charge in [0.2, 0.25) is 6.29 Å². The second-order valence-corrected chi connectivity index (χ2v) is 3.38. The van der Waals surface area contributed by atoms with Crippen LogP contribution < -0.4 is 0 Å². The number of morpholine rings is 1. The number of carbonyl (C=O) groups is 1. The van der Waals surface area contributed by atoms with Crippen LogP contribution in [0.4, 0.5) is 0 Å².